The van der Waals surface area contributed by atoms with Gasteiger partial charge in [0.25, 0.3) is 0 Å². The van der Waals surface area contributed by atoms with Gasteiger partial charge in [-0.15, -0.1) is 0 Å². The normalized spacial score (nSPS) is 52.0. The molecule has 0 N–H and O–H groups in total. The molecule has 2 saturated heterocycles. The van der Waals surface area contributed by atoms with Crippen LogP contribution in [-0.4, -0.2) is 30.1 Å². The Hall–Kier alpha value is -1.68. The number of carbonyl (C=O) groups excluding carboxylic acids is 2. The third kappa shape index (κ3) is 2.53. The largest absolute Gasteiger partial charge is 0.458 e. The predicted molar refractivity (Wildman–Crippen MR) is 122 cm³/mol. The summed E-state index contributed by atoms with van der Waals surface area (Å²) in [5.41, 5.74) is 1.18. The predicted octanol–water partition coefficient (Wildman–Crippen LogP) is 5.19. The molecule has 0 unspecified atom stereocenters. The van der Waals surface area contributed by atoms with Gasteiger partial charge in [-0.2, -0.15) is 0 Å². The summed E-state index contributed by atoms with van der Waals surface area (Å²) in [7, 11) is 0. The quantitative estimate of drug-likeness (QED) is 0.323. The molecule has 0 spiro atoms. The van der Waals surface area contributed by atoms with Gasteiger partial charge in [-0.1, -0.05) is 31.2 Å². The summed E-state index contributed by atoms with van der Waals surface area (Å²) in [4.78, 5) is 25.6. The van der Waals surface area contributed by atoms with Gasteiger partial charge in [0.15, 0.2) is 5.78 Å². The summed E-state index contributed by atoms with van der Waals surface area (Å²) < 4.78 is 12.2. The highest BCUT2D eigenvalue weighted by atomic mass is 16.6. The van der Waals surface area contributed by atoms with Crippen LogP contribution in [0.4, 0.5) is 0 Å². The summed E-state index contributed by atoms with van der Waals surface area (Å²) in [6.45, 7) is 11.3. The minimum atomic E-state index is -0.568. The van der Waals surface area contributed by atoms with E-state index >= 15 is 0 Å². The van der Waals surface area contributed by atoms with Crippen LogP contribution in [0.1, 0.15) is 65.7 Å². The molecule has 0 radical (unpaired) electrons. The van der Waals surface area contributed by atoms with E-state index in [0.29, 0.717) is 41.6 Å². The van der Waals surface area contributed by atoms with Crippen molar-refractivity contribution in [1.82, 2.24) is 0 Å². The summed E-state index contributed by atoms with van der Waals surface area (Å²) in [6.07, 6.45) is 13.7. The molecule has 32 heavy (non-hydrogen) atoms. The number of ether oxygens (including phenoxy) is 2. The van der Waals surface area contributed by atoms with E-state index in [0.717, 1.165) is 32.1 Å². The van der Waals surface area contributed by atoms with Gasteiger partial charge < -0.3 is 9.47 Å². The van der Waals surface area contributed by atoms with Gasteiger partial charge in [0.2, 0.25) is 0 Å². The number of ketones is 1. The van der Waals surface area contributed by atoms with Crippen LogP contribution in [0.3, 0.4) is 0 Å². The van der Waals surface area contributed by atoms with Crippen LogP contribution in [0.2, 0.25) is 0 Å². The first-order valence-corrected chi connectivity index (χ1v) is 12.6. The van der Waals surface area contributed by atoms with Crippen molar-refractivity contribution in [3.63, 3.8) is 0 Å². The van der Waals surface area contributed by atoms with Crippen molar-refractivity contribution in [3.8, 4) is 0 Å². The standard InChI is InChI=1S/C28H36O4/c1-16-25(30)32-23-14-27(16,3)31-15-19(23)21-11-10-20-18-9-8-17-6-5-7-24(29)28(17,4)22(18)12-13-26(20,21)2/h5,7-8,18-23H,1,6,9-15H2,2-4H3/t18-,19-,20-,21+,22-,23+,26-,27-,28-/m0/s1. The maximum absolute atomic E-state index is 13.1. The molecule has 4 fully saturated rings. The Morgan fingerprint density at radius 3 is 2.56 bits per heavy atom. The second-order valence-electron chi connectivity index (χ2n) is 12.1. The van der Waals surface area contributed by atoms with Crippen molar-refractivity contribution in [2.45, 2.75) is 77.4 Å². The molecule has 0 amide bonds. The van der Waals surface area contributed by atoms with Gasteiger partial charge in [-0.3, -0.25) is 4.79 Å². The lowest BCUT2D eigenvalue weighted by molar-refractivity contribution is -0.200. The molecule has 2 heterocycles. The van der Waals surface area contributed by atoms with E-state index in [4.69, 9.17) is 9.47 Å². The Morgan fingerprint density at radius 2 is 1.78 bits per heavy atom. The summed E-state index contributed by atoms with van der Waals surface area (Å²) in [5, 5.41) is 0. The van der Waals surface area contributed by atoms with Crippen molar-refractivity contribution in [1.29, 1.82) is 0 Å². The Morgan fingerprint density at radius 1 is 1.03 bits per heavy atom. The summed E-state index contributed by atoms with van der Waals surface area (Å²) in [5.74, 6) is 2.46. The first-order valence-electron chi connectivity index (χ1n) is 12.6. The molecular weight excluding hydrogens is 400 g/mol. The number of carbonyl (C=O) groups is 2. The summed E-state index contributed by atoms with van der Waals surface area (Å²) in [6, 6.07) is 0. The first kappa shape index (κ1) is 20.9. The molecule has 4 heteroatoms. The van der Waals surface area contributed by atoms with Crippen LogP contribution < -0.4 is 0 Å². The molecule has 4 aliphatic carbocycles. The lowest BCUT2D eigenvalue weighted by Crippen LogP contribution is -2.57. The molecule has 4 nitrogen and oxygen atoms in total. The second-order valence-corrected chi connectivity index (χ2v) is 12.1. The molecule has 2 saturated carbocycles. The van der Waals surface area contributed by atoms with E-state index in [1.54, 1.807) is 0 Å². The molecule has 0 aromatic rings. The molecule has 2 bridgehead atoms. The van der Waals surface area contributed by atoms with E-state index in [1.807, 2.05) is 19.1 Å². The Balaban J connectivity index is 1.29. The van der Waals surface area contributed by atoms with E-state index < -0.39 is 5.60 Å². The third-order valence-electron chi connectivity index (χ3n) is 11.0. The molecule has 9 atom stereocenters. The van der Waals surface area contributed by atoms with Crippen molar-refractivity contribution in [3.05, 3.63) is 36.0 Å². The topological polar surface area (TPSA) is 52.6 Å². The fourth-order valence-corrected chi connectivity index (χ4v) is 9.03. The number of fused-ring (bicyclic) bond motifs is 7. The average Bonchev–Trinajstić information content (AvgIpc) is 3.10. The van der Waals surface area contributed by atoms with Crippen LogP contribution >= 0.6 is 0 Å². The van der Waals surface area contributed by atoms with Gasteiger partial charge in [-0.05, 0) is 87.5 Å². The minimum absolute atomic E-state index is 0.0644. The number of rotatable bonds is 1. The molecule has 6 aliphatic rings. The number of allylic oxidation sites excluding steroid dienone is 4. The van der Waals surface area contributed by atoms with Crippen molar-refractivity contribution in [2.24, 2.45) is 40.4 Å². The van der Waals surface area contributed by atoms with Gasteiger partial charge >= 0.3 is 5.97 Å². The maximum atomic E-state index is 13.1. The Bertz CT molecular complexity index is 960. The zero-order chi connectivity index (χ0) is 22.5. The second kappa shape index (κ2) is 6.68. The number of hydrogen-bond acceptors (Lipinski definition) is 4. The molecule has 172 valence electrons. The SMILES string of the molecule is C=C1C(=O)O[C@@H]2C[C@]1(C)OC[C@H]2[C@H]1CC[C@H]2[C@@H]3CC=C4CC=CC(=O)[C@]4(C)[C@H]3CC[C@]12C. The van der Waals surface area contributed by atoms with Crippen LogP contribution in [-0.2, 0) is 19.1 Å². The zero-order valence-electron chi connectivity index (χ0n) is 19.7. The highest BCUT2D eigenvalue weighted by Crippen LogP contribution is 2.67. The van der Waals surface area contributed by atoms with E-state index in [1.165, 1.54) is 18.4 Å². The molecule has 0 aromatic heterocycles. The van der Waals surface area contributed by atoms with E-state index in [-0.39, 0.29) is 28.8 Å². The summed E-state index contributed by atoms with van der Waals surface area (Å²) >= 11 is 0. The Labute approximate surface area is 191 Å². The van der Waals surface area contributed by atoms with Gasteiger partial charge in [-0.25, -0.2) is 4.79 Å². The molecule has 6 rings (SSSR count). The first-order chi connectivity index (χ1) is 15.2. The Kier molecular flexibility index (Phi) is 4.36. The molecule has 2 aliphatic heterocycles. The molecule has 0 aromatic carbocycles. The van der Waals surface area contributed by atoms with Crippen molar-refractivity contribution >= 4 is 11.8 Å². The van der Waals surface area contributed by atoms with Gasteiger partial charge in [0.05, 0.1) is 17.6 Å². The van der Waals surface area contributed by atoms with Crippen LogP contribution in [0.25, 0.3) is 0 Å². The van der Waals surface area contributed by atoms with Crippen LogP contribution in [0, 0.1) is 40.4 Å². The highest BCUT2D eigenvalue weighted by Gasteiger charge is 2.62. The number of hydrogen-bond donors (Lipinski definition) is 0. The van der Waals surface area contributed by atoms with Crippen molar-refractivity contribution in [2.75, 3.05) is 6.61 Å². The fourth-order valence-electron chi connectivity index (χ4n) is 9.03. The third-order valence-corrected chi connectivity index (χ3v) is 11.0. The average molecular weight is 437 g/mol. The van der Waals surface area contributed by atoms with Crippen LogP contribution in [0.15, 0.2) is 36.0 Å². The van der Waals surface area contributed by atoms with Crippen LogP contribution in [0.5, 0.6) is 0 Å². The lowest BCUT2D eigenvalue weighted by Gasteiger charge is -2.57. The molecular formula is C28H36O4. The maximum Gasteiger partial charge on any atom is 0.336 e. The smallest absolute Gasteiger partial charge is 0.336 e. The van der Waals surface area contributed by atoms with Gasteiger partial charge in [0, 0.05) is 12.3 Å². The zero-order valence-corrected chi connectivity index (χ0v) is 19.7. The lowest BCUT2D eigenvalue weighted by atomic mass is 9.47. The fraction of sp³-hybridized carbons (Fsp3) is 0.714. The van der Waals surface area contributed by atoms with Gasteiger partial charge in [0.1, 0.15) is 11.7 Å². The monoisotopic (exact) mass is 436 g/mol. The van der Waals surface area contributed by atoms with E-state index in [9.17, 15) is 9.59 Å². The number of esters is 1. The highest BCUT2D eigenvalue weighted by molar-refractivity contribution is 5.98. The van der Waals surface area contributed by atoms with E-state index in [2.05, 4.69) is 26.5 Å². The minimum Gasteiger partial charge on any atom is -0.458 e. The van der Waals surface area contributed by atoms with Crippen molar-refractivity contribution < 1.29 is 19.1 Å².